The molecule has 0 radical (unpaired) electrons. The van der Waals surface area contributed by atoms with Crippen LogP contribution in [-0.2, 0) is 6.42 Å². The van der Waals surface area contributed by atoms with Crippen molar-refractivity contribution in [1.82, 2.24) is 4.98 Å². The van der Waals surface area contributed by atoms with E-state index in [2.05, 4.69) is 66.7 Å². The summed E-state index contributed by atoms with van der Waals surface area (Å²) in [6.07, 6.45) is 10.0. The molecule has 2 heteroatoms. The molecule has 0 bridgehead atoms. The van der Waals surface area contributed by atoms with E-state index in [1.807, 2.05) is 6.20 Å². The van der Waals surface area contributed by atoms with Crippen LogP contribution >= 0.6 is 0 Å². The Morgan fingerprint density at radius 1 is 0.800 bits per heavy atom. The standard InChI is InChI=1S/C28H25NO/c1-2-7-19(8-3-1)15-20-13-14-29-26(16-20)24-12-6-11-23-25-17-21-9-4-5-10-22(21)18-27(25)30-28(23)24/h4-6,9-14,16-19H,1-3,7-8,15H2. The van der Waals surface area contributed by atoms with Crippen molar-refractivity contribution in [3.63, 3.8) is 0 Å². The van der Waals surface area contributed by atoms with E-state index in [1.54, 1.807) is 0 Å². The van der Waals surface area contributed by atoms with Gasteiger partial charge in [0.25, 0.3) is 0 Å². The first-order valence-corrected chi connectivity index (χ1v) is 11.1. The van der Waals surface area contributed by atoms with E-state index >= 15 is 0 Å². The number of hydrogen-bond donors (Lipinski definition) is 0. The van der Waals surface area contributed by atoms with Crippen molar-refractivity contribution in [2.45, 2.75) is 38.5 Å². The van der Waals surface area contributed by atoms with Gasteiger partial charge in [-0.05, 0) is 59.0 Å². The predicted octanol–water partition coefficient (Wildman–Crippen LogP) is 7.92. The highest BCUT2D eigenvalue weighted by Crippen LogP contribution is 2.37. The minimum atomic E-state index is 0.823. The molecule has 148 valence electrons. The second kappa shape index (κ2) is 7.28. The summed E-state index contributed by atoms with van der Waals surface area (Å²) in [7, 11) is 0. The quantitative estimate of drug-likeness (QED) is 0.312. The Morgan fingerprint density at radius 3 is 2.50 bits per heavy atom. The van der Waals surface area contributed by atoms with Gasteiger partial charge in [-0.25, -0.2) is 0 Å². The molecule has 6 rings (SSSR count). The zero-order valence-corrected chi connectivity index (χ0v) is 17.1. The topological polar surface area (TPSA) is 26.0 Å². The zero-order chi connectivity index (χ0) is 19.9. The Balaban J connectivity index is 1.46. The molecule has 1 aliphatic carbocycles. The minimum absolute atomic E-state index is 0.823. The monoisotopic (exact) mass is 391 g/mol. The number of aromatic nitrogens is 1. The van der Waals surface area contributed by atoms with E-state index in [1.165, 1.54) is 53.8 Å². The maximum Gasteiger partial charge on any atom is 0.144 e. The second-order valence-electron chi connectivity index (χ2n) is 8.74. The smallest absolute Gasteiger partial charge is 0.144 e. The molecule has 3 aromatic carbocycles. The summed E-state index contributed by atoms with van der Waals surface area (Å²) in [5.41, 5.74) is 5.36. The second-order valence-corrected chi connectivity index (χ2v) is 8.74. The van der Waals surface area contributed by atoms with Crippen LogP contribution in [0.15, 0.2) is 77.3 Å². The first kappa shape index (κ1) is 17.7. The van der Waals surface area contributed by atoms with Crippen LogP contribution in [0.25, 0.3) is 44.0 Å². The first-order chi connectivity index (χ1) is 14.8. The van der Waals surface area contributed by atoms with Gasteiger partial charge in [-0.2, -0.15) is 0 Å². The van der Waals surface area contributed by atoms with Crippen LogP contribution in [0.4, 0.5) is 0 Å². The first-order valence-electron chi connectivity index (χ1n) is 11.1. The Labute approximate surface area is 176 Å². The van der Waals surface area contributed by atoms with Gasteiger partial charge in [-0.3, -0.25) is 4.98 Å². The SMILES string of the molecule is c1ccc2cc3c(cc2c1)oc1c(-c2cc(CC4CCCCC4)ccn2)cccc13. The Kier molecular flexibility index (Phi) is 4.30. The Hall–Kier alpha value is -3.13. The van der Waals surface area contributed by atoms with Crippen molar-refractivity contribution >= 4 is 32.7 Å². The molecule has 30 heavy (non-hydrogen) atoms. The highest BCUT2D eigenvalue weighted by Gasteiger charge is 2.16. The number of furan rings is 1. The summed E-state index contributed by atoms with van der Waals surface area (Å²) in [4.78, 5) is 4.72. The summed E-state index contributed by atoms with van der Waals surface area (Å²) in [5.74, 6) is 0.823. The molecule has 2 nitrogen and oxygen atoms in total. The molecule has 2 aromatic heterocycles. The average Bonchev–Trinajstić information content (AvgIpc) is 3.16. The van der Waals surface area contributed by atoms with Crippen molar-refractivity contribution in [3.05, 3.63) is 78.5 Å². The van der Waals surface area contributed by atoms with Crippen LogP contribution in [0.5, 0.6) is 0 Å². The van der Waals surface area contributed by atoms with Crippen LogP contribution in [0, 0.1) is 5.92 Å². The number of nitrogens with zero attached hydrogens (tertiary/aromatic N) is 1. The Bertz CT molecular complexity index is 1360. The highest BCUT2D eigenvalue weighted by atomic mass is 16.3. The number of rotatable bonds is 3. The number of fused-ring (bicyclic) bond motifs is 4. The molecule has 1 saturated carbocycles. The normalized spacial score (nSPS) is 15.3. The van der Waals surface area contributed by atoms with E-state index in [0.717, 1.165) is 40.1 Å². The van der Waals surface area contributed by atoms with Gasteiger partial charge in [-0.1, -0.05) is 68.5 Å². The fraction of sp³-hybridized carbons (Fsp3) is 0.250. The van der Waals surface area contributed by atoms with Crippen LogP contribution in [-0.4, -0.2) is 4.98 Å². The van der Waals surface area contributed by atoms with E-state index in [4.69, 9.17) is 9.40 Å². The van der Waals surface area contributed by atoms with Crippen molar-refractivity contribution in [1.29, 1.82) is 0 Å². The molecule has 0 aliphatic heterocycles. The molecule has 0 saturated heterocycles. The molecular formula is C28H25NO. The lowest BCUT2D eigenvalue weighted by Gasteiger charge is -2.21. The lowest BCUT2D eigenvalue weighted by Crippen LogP contribution is -2.09. The number of para-hydroxylation sites is 1. The molecule has 1 fully saturated rings. The Morgan fingerprint density at radius 2 is 1.63 bits per heavy atom. The molecule has 0 atom stereocenters. The zero-order valence-electron chi connectivity index (χ0n) is 17.1. The van der Waals surface area contributed by atoms with Gasteiger partial charge in [0.05, 0.1) is 5.69 Å². The third kappa shape index (κ3) is 3.08. The third-order valence-electron chi connectivity index (χ3n) is 6.71. The third-order valence-corrected chi connectivity index (χ3v) is 6.71. The highest BCUT2D eigenvalue weighted by molar-refractivity contribution is 6.13. The molecule has 1 aliphatic rings. The minimum Gasteiger partial charge on any atom is -0.455 e. The molecular weight excluding hydrogens is 366 g/mol. The number of benzene rings is 3. The molecule has 2 heterocycles. The molecule has 0 N–H and O–H groups in total. The van der Waals surface area contributed by atoms with E-state index in [0.29, 0.717) is 0 Å². The van der Waals surface area contributed by atoms with Gasteiger partial charge in [0.15, 0.2) is 0 Å². The van der Waals surface area contributed by atoms with Crippen molar-refractivity contribution in [3.8, 4) is 11.3 Å². The predicted molar refractivity (Wildman–Crippen MR) is 125 cm³/mol. The maximum absolute atomic E-state index is 6.40. The lowest BCUT2D eigenvalue weighted by atomic mass is 9.85. The number of pyridine rings is 1. The summed E-state index contributed by atoms with van der Waals surface area (Å²) in [5, 5.41) is 4.78. The van der Waals surface area contributed by atoms with Crippen molar-refractivity contribution < 1.29 is 4.42 Å². The van der Waals surface area contributed by atoms with E-state index in [-0.39, 0.29) is 0 Å². The molecule has 0 amide bonds. The lowest BCUT2D eigenvalue weighted by molar-refractivity contribution is 0.356. The fourth-order valence-electron chi connectivity index (χ4n) is 5.16. The van der Waals surface area contributed by atoms with Gasteiger partial charge >= 0.3 is 0 Å². The van der Waals surface area contributed by atoms with Gasteiger partial charge in [0, 0.05) is 22.5 Å². The molecule has 0 unspecified atom stereocenters. The van der Waals surface area contributed by atoms with Crippen LogP contribution in [0.2, 0.25) is 0 Å². The summed E-state index contributed by atoms with van der Waals surface area (Å²) >= 11 is 0. The summed E-state index contributed by atoms with van der Waals surface area (Å²) in [6.45, 7) is 0. The maximum atomic E-state index is 6.40. The van der Waals surface area contributed by atoms with E-state index in [9.17, 15) is 0 Å². The van der Waals surface area contributed by atoms with Gasteiger partial charge in [0.2, 0.25) is 0 Å². The summed E-state index contributed by atoms with van der Waals surface area (Å²) in [6, 6.07) is 23.7. The van der Waals surface area contributed by atoms with Crippen LogP contribution < -0.4 is 0 Å². The van der Waals surface area contributed by atoms with E-state index < -0.39 is 0 Å². The average molecular weight is 392 g/mol. The molecule has 5 aromatic rings. The van der Waals surface area contributed by atoms with Crippen LogP contribution in [0.1, 0.15) is 37.7 Å². The largest absolute Gasteiger partial charge is 0.455 e. The summed E-state index contributed by atoms with van der Waals surface area (Å²) < 4.78 is 6.40. The fourth-order valence-corrected chi connectivity index (χ4v) is 5.16. The van der Waals surface area contributed by atoms with Gasteiger partial charge < -0.3 is 4.42 Å². The molecule has 0 spiro atoms. The van der Waals surface area contributed by atoms with Gasteiger partial charge in [-0.15, -0.1) is 0 Å². The van der Waals surface area contributed by atoms with Gasteiger partial charge in [0.1, 0.15) is 11.2 Å². The van der Waals surface area contributed by atoms with Crippen molar-refractivity contribution in [2.75, 3.05) is 0 Å². The van der Waals surface area contributed by atoms with Crippen LogP contribution in [0.3, 0.4) is 0 Å². The van der Waals surface area contributed by atoms with Crippen molar-refractivity contribution in [2.24, 2.45) is 5.92 Å². The number of hydrogen-bond acceptors (Lipinski definition) is 2.